The lowest BCUT2D eigenvalue weighted by Crippen LogP contribution is -2.45. The van der Waals surface area contributed by atoms with Crippen LogP contribution in [0.3, 0.4) is 0 Å². The molecule has 0 saturated heterocycles. The second-order valence-corrected chi connectivity index (χ2v) is 8.46. The van der Waals surface area contributed by atoms with Gasteiger partial charge in [-0.1, -0.05) is 38.3 Å². The van der Waals surface area contributed by atoms with Crippen LogP contribution in [-0.4, -0.2) is 23.3 Å². The summed E-state index contributed by atoms with van der Waals surface area (Å²) in [4.78, 5) is 12.8. The van der Waals surface area contributed by atoms with Crippen molar-refractivity contribution in [3.63, 3.8) is 0 Å². The fraction of sp³-hybridized carbons (Fsp3) is 0.545. The number of esters is 1. The van der Waals surface area contributed by atoms with E-state index in [0.29, 0.717) is 16.4 Å². The van der Waals surface area contributed by atoms with Crippen LogP contribution in [0.25, 0.3) is 0 Å². The van der Waals surface area contributed by atoms with Crippen LogP contribution in [0.4, 0.5) is 0 Å². The molecule has 1 aliphatic rings. The molecular formula is C22H32N2O3S. The van der Waals surface area contributed by atoms with Crippen molar-refractivity contribution in [1.29, 1.82) is 0 Å². The van der Waals surface area contributed by atoms with Crippen molar-refractivity contribution in [2.45, 2.75) is 71.9 Å². The Morgan fingerprint density at radius 3 is 2.43 bits per heavy atom. The van der Waals surface area contributed by atoms with Crippen LogP contribution in [0.15, 0.2) is 35.5 Å². The lowest BCUT2D eigenvalue weighted by atomic mass is 9.95. The van der Waals surface area contributed by atoms with E-state index in [9.17, 15) is 4.79 Å². The zero-order chi connectivity index (χ0) is 20.7. The van der Waals surface area contributed by atoms with E-state index in [-0.39, 0.29) is 12.0 Å². The van der Waals surface area contributed by atoms with Crippen LogP contribution in [-0.2, 0) is 9.53 Å². The van der Waals surface area contributed by atoms with Gasteiger partial charge in [-0.3, -0.25) is 0 Å². The zero-order valence-electron chi connectivity index (χ0n) is 17.6. The second-order valence-electron chi connectivity index (χ2n) is 8.05. The Morgan fingerprint density at radius 1 is 1.14 bits per heavy atom. The van der Waals surface area contributed by atoms with Crippen molar-refractivity contribution in [3.05, 3.63) is 41.1 Å². The first-order chi connectivity index (χ1) is 13.2. The maximum absolute atomic E-state index is 12.8. The molecule has 154 valence electrons. The molecule has 1 heterocycles. The van der Waals surface area contributed by atoms with Crippen molar-refractivity contribution in [2.75, 3.05) is 6.61 Å². The molecule has 1 atom stereocenters. The van der Waals surface area contributed by atoms with Gasteiger partial charge in [0.05, 0.1) is 18.2 Å². The van der Waals surface area contributed by atoms with Gasteiger partial charge in [-0.2, -0.15) is 0 Å². The number of unbranched alkanes of at least 4 members (excludes halogenated alkanes) is 3. The van der Waals surface area contributed by atoms with Gasteiger partial charge in [-0.05, 0) is 64.0 Å². The third-order valence-corrected chi connectivity index (χ3v) is 4.59. The van der Waals surface area contributed by atoms with Gasteiger partial charge in [0, 0.05) is 5.70 Å². The first-order valence-corrected chi connectivity index (χ1v) is 10.4. The van der Waals surface area contributed by atoms with E-state index >= 15 is 0 Å². The summed E-state index contributed by atoms with van der Waals surface area (Å²) in [6.07, 6.45) is 4.70. The van der Waals surface area contributed by atoms with Crippen LogP contribution in [0.2, 0.25) is 0 Å². The monoisotopic (exact) mass is 404 g/mol. The molecule has 0 aromatic heterocycles. The standard InChI is InChI=1S/C22H32N2O3S/c1-6-7-8-9-14-26-17-12-10-16(11-13-17)19-18(15(2)23-21(28)24-19)20(25)27-22(3,4)5/h10-13,19H,6-9,14H2,1-5H3,(H2,23,24,28)/t19-/m0/s1. The minimum atomic E-state index is -0.567. The molecule has 0 fully saturated rings. The Bertz CT molecular complexity index is 720. The SMILES string of the molecule is CCCCCCOc1ccc([C@@H]2NC(=S)NC(C)=C2C(=O)OC(C)(C)C)cc1. The Labute approximate surface area is 173 Å². The normalized spacial score (nSPS) is 17.0. The van der Waals surface area contributed by atoms with E-state index in [1.807, 2.05) is 52.0 Å². The molecule has 0 amide bonds. The summed E-state index contributed by atoms with van der Waals surface area (Å²) < 4.78 is 11.4. The Hall–Kier alpha value is -2.08. The van der Waals surface area contributed by atoms with E-state index in [1.54, 1.807) is 0 Å². The number of thiocarbonyl (C=S) groups is 1. The molecule has 2 rings (SSSR count). The molecule has 2 N–H and O–H groups in total. The highest BCUT2D eigenvalue weighted by Crippen LogP contribution is 2.30. The largest absolute Gasteiger partial charge is 0.494 e. The highest BCUT2D eigenvalue weighted by Gasteiger charge is 2.32. The summed E-state index contributed by atoms with van der Waals surface area (Å²) in [5.74, 6) is 0.477. The van der Waals surface area contributed by atoms with Gasteiger partial charge in [0.25, 0.3) is 0 Å². The van der Waals surface area contributed by atoms with Gasteiger partial charge in [0.15, 0.2) is 5.11 Å². The van der Waals surface area contributed by atoms with Crippen molar-refractivity contribution in [3.8, 4) is 5.75 Å². The maximum Gasteiger partial charge on any atom is 0.338 e. The summed E-state index contributed by atoms with van der Waals surface area (Å²) in [6, 6.07) is 7.44. The first-order valence-electron chi connectivity index (χ1n) is 9.95. The molecule has 1 aromatic carbocycles. The van der Waals surface area contributed by atoms with Crippen LogP contribution in [0.5, 0.6) is 5.75 Å². The fourth-order valence-electron chi connectivity index (χ4n) is 3.02. The molecule has 0 bridgehead atoms. The molecule has 1 aliphatic heterocycles. The average Bonchev–Trinajstić information content (AvgIpc) is 2.59. The lowest BCUT2D eigenvalue weighted by molar-refractivity contribution is -0.150. The number of allylic oxidation sites excluding steroid dienone is 1. The second kappa shape index (κ2) is 9.92. The predicted octanol–water partition coefficient (Wildman–Crippen LogP) is 4.78. The van der Waals surface area contributed by atoms with Crippen molar-refractivity contribution >= 4 is 23.3 Å². The van der Waals surface area contributed by atoms with Gasteiger partial charge >= 0.3 is 5.97 Å². The zero-order valence-corrected chi connectivity index (χ0v) is 18.4. The van der Waals surface area contributed by atoms with Crippen molar-refractivity contribution < 1.29 is 14.3 Å². The number of ether oxygens (including phenoxy) is 2. The third-order valence-electron chi connectivity index (χ3n) is 4.37. The van der Waals surface area contributed by atoms with Crippen LogP contribution in [0, 0.1) is 0 Å². The number of carbonyl (C=O) groups is 1. The number of carbonyl (C=O) groups excluding carboxylic acids is 1. The third kappa shape index (κ3) is 6.51. The van der Waals surface area contributed by atoms with E-state index in [4.69, 9.17) is 21.7 Å². The number of rotatable bonds is 8. The quantitative estimate of drug-likeness (QED) is 0.369. The van der Waals surface area contributed by atoms with Gasteiger partial charge < -0.3 is 20.1 Å². The van der Waals surface area contributed by atoms with Gasteiger partial charge in [-0.15, -0.1) is 0 Å². The van der Waals surface area contributed by atoms with E-state index in [1.165, 1.54) is 19.3 Å². The van der Waals surface area contributed by atoms with Gasteiger partial charge in [-0.25, -0.2) is 4.79 Å². The summed E-state index contributed by atoms with van der Waals surface area (Å²) >= 11 is 5.29. The van der Waals surface area contributed by atoms with Gasteiger partial charge in [0.2, 0.25) is 0 Å². The molecular weight excluding hydrogens is 372 g/mol. The molecule has 0 aliphatic carbocycles. The Morgan fingerprint density at radius 2 is 1.82 bits per heavy atom. The molecule has 28 heavy (non-hydrogen) atoms. The average molecular weight is 405 g/mol. The maximum atomic E-state index is 12.8. The molecule has 0 unspecified atom stereocenters. The topological polar surface area (TPSA) is 59.6 Å². The first kappa shape index (κ1) is 22.2. The van der Waals surface area contributed by atoms with E-state index in [2.05, 4.69) is 17.6 Å². The summed E-state index contributed by atoms with van der Waals surface area (Å²) in [6.45, 7) is 10.3. The Kier molecular flexibility index (Phi) is 7.87. The number of nitrogens with one attached hydrogen (secondary N) is 2. The van der Waals surface area contributed by atoms with Crippen LogP contribution < -0.4 is 15.4 Å². The number of hydrogen-bond donors (Lipinski definition) is 2. The minimum Gasteiger partial charge on any atom is -0.494 e. The predicted molar refractivity (Wildman–Crippen MR) is 116 cm³/mol. The molecule has 0 radical (unpaired) electrons. The molecule has 1 aromatic rings. The van der Waals surface area contributed by atoms with E-state index < -0.39 is 5.60 Å². The summed E-state index contributed by atoms with van der Waals surface area (Å²) in [5.41, 5.74) is 1.61. The highest BCUT2D eigenvalue weighted by molar-refractivity contribution is 7.80. The fourth-order valence-corrected chi connectivity index (χ4v) is 3.29. The van der Waals surface area contributed by atoms with Crippen LogP contribution >= 0.6 is 12.2 Å². The van der Waals surface area contributed by atoms with Crippen molar-refractivity contribution in [2.24, 2.45) is 0 Å². The summed E-state index contributed by atoms with van der Waals surface area (Å²) in [5, 5.41) is 6.70. The van der Waals surface area contributed by atoms with Crippen molar-refractivity contribution in [1.82, 2.24) is 10.6 Å². The lowest BCUT2D eigenvalue weighted by Gasteiger charge is -2.31. The molecule has 0 saturated carbocycles. The molecule has 6 heteroatoms. The highest BCUT2D eigenvalue weighted by atomic mass is 32.1. The van der Waals surface area contributed by atoms with Gasteiger partial charge in [0.1, 0.15) is 11.4 Å². The Balaban J connectivity index is 2.13. The molecule has 0 spiro atoms. The van der Waals surface area contributed by atoms with Crippen LogP contribution in [0.1, 0.15) is 71.9 Å². The smallest absolute Gasteiger partial charge is 0.338 e. The molecule has 5 nitrogen and oxygen atoms in total. The number of benzene rings is 1. The number of hydrogen-bond acceptors (Lipinski definition) is 4. The minimum absolute atomic E-state index is 0.353. The summed E-state index contributed by atoms with van der Waals surface area (Å²) in [7, 11) is 0. The van der Waals surface area contributed by atoms with E-state index in [0.717, 1.165) is 24.3 Å².